The first-order valence-electron chi connectivity index (χ1n) is 14.9. The van der Waals surface area contributed by atoms with Crippen molar-refractivity contribution in [3.05, 3.63) is 71.8 Å². The van der Waals surface area contributed by atoms with E-state index in [1.54, 1.807) is 0 Å². The molecular formula is C38H44O4. The topological polar surface area (TPSA) is 52.6 Å². The third kappa shape index (κ3) is 5.82. The number of ether oxygens (including phenoxy) is 2. The number of benzene rings is 5. The summed E-state index contributed by atoms with van der Waals surface area (Å²) in [7, 11) is 0. The van der Waals surface area contributed by atoms with Gasteiger partial charge in [0.25, 0.3) is 0 Å². The molecule has 0 aromatic heterocycles. The summed E-state index contributed by atoms with van der Waals surface area (Å²) in [5.74, 6) is -0.624. The molecule has 42 heavy (non-hydrogen) atoms. The first kappa shape index (κ1) is 29.8. The van der Waals surface area contributed by atoms with Crippen LogP contribution in [0.3, 0.4) is 0 Å². The Labute approximate surface area is 249 Å². The molecule has 5 aromatic rings. The van der Waals surface area contributed by atoms with Crippen molar-refractivity contribution in [3.63, 3.8) is 0 Å². The van der Waals surface area contributed by atoms with E-state index in [4.69, 9.17) is 9.47 Å². The van der Waals surface area contributed by atoms with Crippen molar-refractivity contribution in [2.75, 3.05) is 0 Å². The molecule has 220 valence electrons. The highest BCUT2D eigenvalue weighted by atomic mass is 16.6. The lowest BCUT2D eigenvalue weighted by Crippen LogP contribution is -2.33. The molecule has 0 N–H and O–H groups in total. The highest BCUT2D eigenvalue weighted by molar-refractivity contribution is 6.35. The van der Waals surface area contributed by atoms with Gasteiger partial charge in [0.2, 0.25) is 0 Å². The molecule has 4 heteroatoms. The van der Waals surface area contributed by atoms with Crippen LogP contribution in [0.15, 0.2) is 60.7 Å². The van der Waals surface area contributed by atoms with E-state index in [9.17, 15) is 9.59 Å². The number of rotatable bonds is 6. The van der Waals surface area contributed by atoms with Crippen molar-refractivity contribution in [2.24, 2.45) is 10.8 Å². The third-order valence-corrected chi connectivity index (χ3v) is 7.75. The maximum absolute atomic E-state index is 13.6. The quantitative estimate of drug-likeness (QED) is 0.117. The fraction of sp³-hybridized carbons (Fsp3) is 0.421. The van der Waals surface area contributed by atoms with Gasteiger partial charge in [-0.15, -0.1) is 0 Å². The van der Waals surface area contributed by atoms with Crippen molar-refractivity contribution in [2.45, 2.75) is 93.3 Å². The van der Waals surface area contributed by atoms with E-state index in [-0.39, 0.29) is 22.8 Å². The van der Waals surface area contributed by atoms with E-state index < -0.39 is 11.2 Å². The van der Waals surface area contributed by atoms with Crippen LogP contribution in [0.1, 0.15) is 103 Å². The Morgan fingerprint density at radius 3 is 1.12 bits per heavy atom. The minimum atomic E-state index is -0.598. The van der Waals surface area contributed by atoms with Crippen LogP contribution in [0, 0.1) is 10.8 Å². The van der Waals surface area contributed by atoms with Crippen LogP contribution < -0.4 is 0 Å². The van der Waals surface area contributed by atoms with Crippen LogP contribution in [0.2, 0.25) is 0 Å². The van der Waals surface area contributed by atoms with Gasteiger partial charge in [-0.05, 0) is 107 Å². The lowest BCUT2D eigenvalue weighted by Gasteiger charge is -2.32. The zero-order valence-electron chi connectivity index (χ0n) is 26.8. The zero-order valence-corrected chi connectivity index (χ0v) is 26.8. The van der Waals surface area contributed by atoms with E-state index in [2.05, 4.69) is 53.7 Å². The Bertz CT molecular complexity index is 1670. The summed E-state index contributed by atoms with van der Waals surface area (Å²) >= 11 is 0. The van der Waals surface area contributed by atoms with Gasteiger partial charge in [-0.3, -0.25) is 0 Å². The van der Waals surface area contributed by atoms with Crippen LogP contribution in [-0.4, -0.2) is 23.1 Å². The van der Waals surface area contributed by atoms with Crippen LogP contribution in [0.4, 0.5) is 0 Å². The van der Waals surface area contributed by atoms with Crippen molar-refractivity contribution in [3.8, 4) is 0 Å². The van der Waals surface area contributed by atoms with Gasteiger partial charge in [0.15, 0.2) is 0 Å². The number of fused-ring (bicyclic) bond motifs is 2. The second-order valence-electron chi connectivity index (χ2n) is 15.6. The van der Waals surface area contributed by atoms with Gasteiger partial charge < -0.3 is 9.47 Å². The van der Waals surface area contributed by atoms with E-state index in [1.807, 2.05) is 76.2 Å². The van der Waals surface area contributed by atoms with E-state index >= 15 is 0 Å². The first-order valence-corrected chi connectivity index (χ1v) is 14.9. The van der Waals surface area contributed by atoms with Crippen LogP contribution in [0.25, 0.3) is 43.1 Å². The second kappa shape index (κ2) is 9.97. The fourth-order valence-electron chi connectivity index (χ4n) is 7.31. The number of carbonyl (C=O) groups excluding carboxylic acids is 2. The molecule has 0 spiro atoms. The second-order valence-corrected chi connectivity index (χ2v) is 15.6. The molecule has 0 aliphatic heterocycles. The van der Waals surface area contributed by atoms with Gasteiger partial charge in [0.1, 0.15) is 11.2 Å². The van der Waals surface area contributed by atoms with Crippen molar-refractivity contribution in [1.82, 2.24) is 0 Å². The number of esters is 2. The SMILES string of the molecule is CC(C)(C)CC(C)(C)OC(=O)c1ccc2c3cccc4c(C(=O)OC(C)(C)CC(C)(C)C)ccc(c5cccc1c52)c43. The summed E-state index contributed by atoms with van der Waals surface area (Å²) in [4.78, 5) is 27.1. The summed E-state index contributed by atoms with van der Waals surface area (Å²) in [6.45, 7) is 20.8. The smallest absolute Gasteiger partial charge is 0.339 e. The monoisotopic (exact) mass is 564 g/mol. The summed E-state index contributed by atoms with van der Waals surface area (Å²) in [5.41, 5.74) is -0.0114. The van der Waals surface area contributed by atoms with Crippen molar-refractivity contribution in [1.29, 1.82) is 0 Å². The molecule has 5 rings (SSSR count). The predicted molar refractivity (Wildman–Crippen MR) is 175 cm³/mol. The van der Waals surface area contributed by atoms with Crippen LogP contribution >= 0.6 is 0 Å². The molecule has 0 saturated heterocycles. The molecule has 0 aliphatic rings. The molecule has 0 aliphatic carbocycles. The summed E-state index contributed by atoms with van der Waals surface area (Å²) in [5, 5.41) is 7.98. The highest BCUT2D eigenvalue weighted by Crippen LogP contribution is 2.43. The van der Waals surface area contributed by atoms with Gasteiger partial charge in [0.05, 0.1) is 11.1 Å². The molecule has 0 fully saturated rings. The average Bonchev–Trinajstić information content (AvgIpc) is 2.82. The highest BCUT2D eigenvalue weighted by Gasteiger charge is 2.32. The summed E-state index contributed by atoms with van der Waals surface area (Å²) in [6.07, 6.45) is 1.50. The Hall–Kier alpha value is -3.66. The maximum atomic E-state index is 13.6. The Kier molecular flexibility index (Phi) is 7.08. The predicted octanol–water partition coefficient (Wildman–Crippen LogP) is 10.5. The standard InChI is InChI=1S/C38H44O4/c1-35(2,3)21-37(7,8)41-33(39)29-19-17-27-24-14-12-16-26-30(34(40)42-38(9,10)22-36(4,5)6)20-18-28(32(24)26)23-13-11-15-25(29)31(23)27/h11-20H,21-22H2,1-10H3. The number of carbonyl (C=O) groups is 2. The van der Waals surface area contributed by atoms with Gasteiger partial charge >= 0.3 is 11.9 Å². The van der Waals surface area contributed by atoms with Crippen LogP contribution in [-0.2, 0) is 9.47 Å². The zero-order chi connectivity index (χ0) is 30.8. The van der Waals surface area contributed by atoms with Crippen molar-refractivity contribution >= 4 is 55.0 Å². The Morgan fingerprint density at radius 1 is 0.476 bits per heavy atom. The molecule has 0 saturated carbocycles. The molecule has 0 bridgehead atoms. The minimum Gasteiger partial charge on any atom is -0.456 e. The van der Waals surface area contributed by atoms with E-state index in [1.165, 1.54) is 0 Å². The third-order valence-electron chi connectivity index (χ3n) is 7.75. The van der Waals surface area contributed by atoms with Crippen LogP contribution in [0.5, 0.6) is 0 Å². The Balaban J connectivity index is 1.65. The number of hydrogen-bond donors (Lipinski definition) is 0. The molecule has 0 radical (unpaired) electrons. The van der Waals surface area contributed by atoms with E-state index in [0.29, 0.717) is 11.1 Å². The van der Waals surface area contributed by atoms with Crippen molar-refractivity contribution < 1.29 is 19.1 Å². The molecular weight excluding hydrogens is 520 g/mol. The maximum Gasteiger partial charge on any atom is 0.339 e. The van der Waals surface area contributed by atoms with Gasteiger partial charge in [-0.2, -0.15) is 0 Å². The normalized spacial score (nSPS) is 13.4. The number of hydrogen-bond acceptors (Lipinski definition) is 4. The molecule has 0 amide bonds. The first-order chi connectivity index (χ1) is 19.4. The van der Waals surface area contributed by atoms with Gasteiger partial charge in [-0.1, -0.05) is 90.1 Å². The Morgan fingerprint density at radius 2 is 0.786 bits per heavy atom. The van der Waals surface area contributed by atoms with E-state index in [0.717, 1.165) is 55.9 Å². The molecule has 0 atom stereocenters. The lowest BCUT2D eigenvalue weighted by molar-refractivity contribution is -0.0189. The minimum absolute atomic E-state index is 0.0275. The average molecular weight is 565 g/mol. The largest absolute Gasteiger partial charge is 0.456 e. The molecule has 5 aromatic carbocycles. The summed E-state index contributed by atoms with van der Waals surface area (Å²) in [6, 6.07) is 20.0. The fourth-order valence-corrected chi connectivity index (χ4v) is 7.31. The summed E-state index contributed by atoms with van der Waals surface area (Å²) < 4.78 is 12.2. The van der Waals surface area contributed by atoms with Gasteiger partial charge in [0, 0.05) is 0 Å². The van der Waals surface area contributed by atoms with Gasteiger partial charge in [-0.25, -0.2) is 9.59 Å². The molecule has 0 heterocycles. The molecule has 4 nitrogen and oxygen atoms in total. The lowest BCUT2D eigenvalue weighted by atomic mass is 9.83. The molecule has 0 unspecified atom stereocenters.